The van der Waals surface area contributed by atoms with E-state index >= 15 is 0 Å². The van der Waals surface area contributed by atoms with Gasteiger partial charge in [-0.25, -0.2) is 0 Å². The highest BCUT2D eigenvalue weighted by molar-refractivity contribution is 8.00. The molecule has 0 saturated carbocycles. The standard InChI is InChI=1S/C18H18N2O2S/c1-2-13-6-8-15(9-7-13)18-20(17(21)12-23-18)16-5-3-4-14(10-16)11-19-22/h3-10,18H,2,11-12H2,1H3. The van der Waals surface area contributed by atoms with Gasteiger partial charge >= 0.3 is 0 Å². The monoisotopic (exact) mass is 326 g/mol. The topological polar surface area (TPSA) is 49.7 Å². The molecule has 2 aromatic rings. The fraction of sp³-hybridized carbons (Fsp3) is 0.278. The van der Waals surface area contributed by atoms with E-state index in [2.05, 4.69) is 36.4 Å². The van der Waals surface area contributed by atoms with E-state index in [1.165, 1.54) is 5.56 Å². The molecule has 0 N–H and O–H groups in total. The molecule has 4 nitrogen and oxygen atoms in total. The number of carbonyl (C=O) groups excluding carboxylic acids is 1. The average molecular weight is 326 g/mol. The van der Waals surface area contributed by atoms with E-state index in [-0.39, 0.29) is 17.8 Å². The predicted molar refractivity (Wildman–Crippen MR) is 94.4 cm³/mol. The van der Waals surface area contributed by atoms with Crippen molar-refractivity contribution in [2.75, 3.05) is 10.7 Å². The zero-order valence-electron chi connectivity index (χ0n) is 12.9. The molecule has 118 valence electrons. The third kappa shape index (κ3) is 3.29. The van der Waals surface area contributed by atoms with Gasteiger partial charge in [0, 0.05) is 5.69 Å². The maximum Gasteiger partial charge on any atom is 0.238 e. The highest BCUT2D eigenvalue weighted by Crippen LogP contribution is 2.41. The number of nitroso groups, excluding NO2 is 1. The Morgan fingerprint density at radius 1 is 1.17 bits per heavy atom. The van der Waals surface area contributed by atoms with Gasteiger partial charge in [0.1, 0.15) is 11.9 Å². The summed E-state index contributed by atoms with van der Waals surface area (Å²) in [5.41, 5.74) is 4.05. The SMILES string of the molecule is CCc1ccc(C2SCC(=O)N2c2cccc(CN=O)c2)cc1. The van der Waals surface area contributed by atoms with Gasteiger partial charge in [-0.1, -0.05) is 48.5 Å². The van der Waals surface area contributed by atoms with Gasteiger partial charge in [-0.2, -0.15) is 4.91 Å². The van der Waals surface area contributed by atoms with Crippen molar-refractivity contribution in [2.45, 2.75) is 25.3 Å². The molecule has 1 aliphatic heterocycles. The fourth-order valence-corrected chi connectivity index (χ4v) is 3.92. The first-order valence-corrected chi connectivity index (χ1v) is 8.68. The van der Waals surface area contributed by atoms with Crippen molar-refractivity contribution in [2.24, 2.45) is 5.18 Å². The number of hydrogen-bond acceptors (Lipinski definition) is 4. The van der Waals surface area contributed by atoms with Crippen LogP contribution < -0.4 is 4.90 Å². The summed E-state index contributed by atoms with van der Waals surface area (Å²) in [6, 6.07) is 15.9. The first-order chi connectivity index (χ1) is 11.2. The van der Waals surface area contributed by atoms with Crippen molar-refractivity contribution in [1.82, 2.24) is 0 Å². The van der Waals surface area contributed by atoms with E-state index in [1.807, 2.05) is 29.2 Å². The Hall–Kier alpha value is -2.14. The average Bonchev–Trinajstić information content (AvgIpc) is 2.97. The molecule has 1 atom stereocenters. The molecular formula is C18H18N2O2S. The Morgan fingerprint density at radius 3 is 2.65 bits per heavy atom. The third-order valence-corrected chi connectivity index (χ3v) is 5.19. The summed E-state index contributed by atoms with van der Waals surface area (Å²) < 4.78 is 0. The molecule has 1 aliphatic rings. The Morgan fingerprint density at radius 2 is 1.96 bits per heavy atom. The second-order valence-electron chi connectivity index (χ2n) is 5.48. The van der Waals surface area contributed by atoms with Gasteiger partial charge in [0.2, 0.25) is 5.91 Å². The lowest BCUT2D eigenvalue weighted by atomic mass is 10.1. The van der Waals surface area contributed by atoms with Crippen LogP contribution in [-0.2, 0) is 17.8 Å². The summed E-state index contributed by atoms with van der Waals surface area (Å²) in [4.78, 5) is 24.7. The molecule has 3 rings (SSSR count). The Labute approximate surface area is 139 Å². The van der Waals surface area contributed by atoms with Crippen molar-refractivity contribution in [3.8, 4) is 0 Å². The number of hydrogen-bond donors (Lipinski definition) is 0. The molecule has 0 aromatic heterocycles. The lowest BCUT2D eigenvalue weighted by Crippen LogP contribution is -2.27. The van der Waals surface area contributed by atoms with E-state index in [9.17, 15) is 9.70 Å². The highest BCUT2D eigenvalue weighted by atomic mass is 32.2. The van der Waals surface area contributed by atoms with E-state index in [1.54, 1.807) is 11.8 Å². The summed E-state index contributed by atoms with van der Waals surface area (Å²) >= 11 is 1.63. The molecule has 5 heteroatoms. The number of nitrogens with zero attached hydrogens (tertiary/aromatic N) is 2. The Bertz CT molecular complexity index is 715. The maximum absolute atomic E-state index is 12.4. The van der Waals surface area contributed by atoms with Crippen molar-refractivity contribution < 1.29 is 4.79 Å². The largest absolute Gasteiger partial charge is 0.295 e. The third-order valence-electron chi connectivity index (χ3n) is 3.98. The van der Waals surface area contributed by atoms with Crippen LogP contribution in [0.4, 0.5) is 5.69 Å². The molecule has 1 saturated heterocycles. The van der Waals surface area contributed by atoms with Crippen LogP contribution in [0.3, 0.4) is 0 Å². The van der Waals surface area contributed by atoms with Gasteiger partial charge in [-0.15, -0.1) is 11.8 Å². The molecule has 0 aliphatic carbocycles. The van der Waals surface area contributed by atoms with Crippen molar-refractivity contribution in [1.29, 1.82) is 0 Å². The number of rotatable bonds is 5. The minimum absolute atomic E-state index is 0.0205. The Balaban J connectivity index is 1.92. The van der Waals surface area contributed by atoms with Crippen molar-refractivity contribution in [3.63, 3.8) is 0 Å². The zero-order valence-corrected chi connectivity index (χ0v) is 13.8. The molecule has 1 heterocycles. The van der Waals surface area contributed by atoms with Crippen LogP contribution in [0.2, 0.25) is 0 Å². The maximum atomic E-state index is 12.4. The Kier molecular flexibility index (Phi) is 4.76. The lowest BCUT2D eigenvalue weighted by Gasteiger charge is -2.25. The molecule has 23 heavy (non-hydrogen) atoms. The van der Waals surface area contributed by atoms with Gasteiger partial charge in [0.15, 0.2) is 0 Å². The molecule has 0 radical (unpaired) electrons. The molecule has 0 bridgehead atoms. The quantitative estimate of drug-likeness (QED) is 0.770. The summed E-state index contributed by atoms with van der Waals surface area (Å²) in [5.74, 6) is 0.562. The number of amides is 1. The molecule has 1 fully saturated rings. The van der Waals surface area contributed by atoms with Crippen LogP contribution in [-0.4, -0.2) is 11.7 Å². The summed E-state index contributed by atoms with van der Waals surface area (Å²) in [7, 11) is 0. The summed E-state index contributed by atoms with van der Waals surface area (Å²) in [5, 5.41) is 2.91. The van der Waals surface area contributed by atoms with Gasteiger partial charge in [-0.3, -0.25) is 9.69 Å². The van der Waals surface area contributed by atoms with E-state index in [0.717, 1.165) is 23.2 Å². The fourth-order valence-electron chi connectivity index (χ4n) is 2.75. The summed E-state index contributed by atoms with van der Waals surface area (Å²) in [6.45, 7) is 2.25. The molecule has 0 spiro atoms. The van der Waals surface area contributed by atoms with Gasteiger partial charge < -0.3 is 0 Å². The van der Waals surface area contributed by atoms with Crippen LogP contribution in [0.1, 0.15) is 29.0 Å². The minimum atomic E-state index is -0.0205. The minimum Gasteiger partial charge on any atom is -0.295 e. The normalized spacial score (nSPS) is 17.5. The lowest BCUT2D eigenvalue weighted by molar-refractivity contribution is -0.115. The van der Waals surface area contributed by atoms with Crippen LogP contribution in [0.5, 0.6) is 0 Å². The number of benzene rings is 2. The van der Waals surface area contributed by atoms with E-state index < -0.39 is 0 Å². The molecule has 1 unspecified atom stereocenters. The van der Waals surface area contributed by atoms with Gasteiger partial charge in [0.25, 0.3) is 0 Å². The molecule has 2 aromatic carbocycles. The second-order valence-corrected chi connectivity index (χ2v) is 6.55. The van der Waals surface area contributed by atoms with Crippen LogP contribution in [0, 0.1) is 4.91 Å². The molecular weight excluding hydrogens is 308 g/mol. The molecule has 1 amide bonds. The van der Waals surface area contributed by atoms with Crippen LogP contribution >= 0.6 is 11.8 Å². The first kappa shape index (κ1) is 15.7. The van der Waals surface area contributed by atoms with Crippen LogP contribution in [0.25, 0.3) is 0 Å². The number of anilines is 1. The highest BCUT2D eigenvalue weighted by Gasteiger charge is 2.34. The van der Waals surface area contributed by atoms with Crippen molar-refractivity contribution in [3.05, 3.63) is 70.1 Å². The number of aryl methyl sites for hydroxylation is 1. The summed E-state index contributed by atoms with van der Waals surface area (Å²) in [6.07, 6.45) is 1.00. The number of carbonyl (C=O) groups is 1. The second kappa shape index (κ2) is 6.96. The van der Waals surface area contributed by atoms with Crippen molar-refractivity contribution >= 4 is 23.4 Å². The van der Waals surface area contributed by atoms with Gasteiger partial charge in [-0.05, 0) is 35.2 Å². The number of thioether (sulfide) groups is 1. The van der Waals surface area contributed by atoms with Gasteiger partial charge in [0.05, 0.1) is 5.75 Å². The zero-order chi connectivity index (χ0) is 16.2. The smallest absolute Gasteiger partial charge is 0.238 e. The van der Waals surface area contributed by atoms with E-state index in [0.29, 0.717) is 5.75 Å². The van der Waals surface area contributed by atoms with E-state index in [4.69, 9.17) is 0 Å². The predicted octanol–water partition coefficient (Wildman–Crippen LogP) is 4.29. The first-order valence-electron chi connectivity index (χ1n) is 7.63. The van der Waals surface area contributed by atoms with Crippen LogP contribution in [0.15, 0.2) is 53.7 Å².